The Bertz CT molecular complexity index is 1140. The van der Waals surface area contributed by atoms with Gasteiger partial charge in [-0.25, -0.2) is 4.39 Å². The highest BCUT2D eigenvalue weighted by atomic mass is 79.9. The number of para-hydroxylation sites is 1. The zero-order valence-corrected chi connectivity index (χ0v) is 18.6. The van der Waals surface area contributed by atoms with Crippen LogP contribution in [0.5, 0.6) is 0 Å². The Kier molecular flexibility index (Phi) is 7.72. The minimum atomic E-state index is -0.675. The lowest BCUT2D eigenvalue weighted by Crippen LogP contribution is -2.37. The van der Waals surface area contributed by atoms with Crippen molar-refractivity contribution >= 4 is 39.3 Å². The number of halogens is 2. The normalized spacial score (nSPS) is 11.4. The summed E-state index contributed by atoms with van der Waals surface area (Å²) in [6.45, 7) is -0.00193. The summed E-state index contributed by atoms with van der Waals surface area (Å²) in [6, 6.07) is 19.3. The first-order valence-corrected chi connectivity index (χ1v) is 10.6. The number of rotatable bonds is 8. The fourth-order valence-corrected chi connectivity index (χ4v) is 3.58. The van der Waals surface area contributed by atoms with E-state index in [9.17, 15) is 18.8 Å². The van der Waals surface area contributed by atoms with Gasteiger partial charge in [-0.05, 0) is 64.3 Å². The van der Waals surface area contributed by atoms with E-state index < -0.39 is 17.7 Å². The van der Waals surface area contributed by atoms with Gasteiger partial charge in [-0.2, -0.15) is 0 Å². The van der Waals surface area contributed by atoms with E-state index >= 15 is 0 Å². The van der Waals surface area contributed by atoms with Crippen molar-refractivity contribution in [2.75, 3.05) is 11.9 Å². The third-order valence-corrected chi connectivity index (χ3v) is 5.54. The van der Waals surface area contributed by atoms with Crippen molar-refractivity contribution in [3.63, 3.8) is 0 Å². The fourth-order valence-electron chi connectivity index (χ4n) is 3.11. The molecule has 1 unspecified atom stereocenters. The largest absolute Gasteiger partial charge is 0.369 e. The van der Waals surface area contributed by atoms with Gasteiger partial charge in [0.15, 0.2) is 0 Å². The summed E-state index contributed by atoms with van der Waals surface area (Å²) in [6.07, 6.45) is 0.260. The number of carbonyl (C=O) groups excluding carboxylic acids is 3. The number of primary amides is 1. The van der Waals surface area contributed by atoms with Gasteiger partial charge in [-0.15, -0.1) is 0 Å². The minimum Gasteiger partial charge on any atom is -0.369 e. The van der Waals surface area contributed by atoms with E-state index in [2.05, 4.69) is 26.6 Å². The number of amides is 3. The van der Waals surface area contributed by atoms with E-state index in [-0.39, 0.29) is 30.3 Å². The third-order valence-electron chi connectivity index (χ3n) is 4.85. The standard InChI is InChI=1S/C24H21BrFN3O3/c25-20-7-3-1-5-18(20)24(32)29-21-8-4-2-6-19(21)23(31)28-14-16(22(27)30)13-15-9-11-17(26)12-10-15/h1-12,16H,13-14H2,(H2,27,30)(H,28,31)(H,29,32). The molecule has 0 aliphatic rings. The molecule has 0 aliphatic carbocycles. The van der Waals surface area contributed by atoms with Crippen LogP contribution in [-0.4, -0.2) is 24.3 Å². The van der Waals surface area contributed by atoms with E-state index in [1.165, 1.54) is 12.1 Å². The molecule has 4 N–H and O–H groups in total. The smallest absolute Gasteiger partial charge is 0.256 e. The van der Waals surface area contributed by atoms with Gasteiger partial charge < -0.3 is 16.4 Å². The minimum absolute atomic E-state index is 0.00193. The molecule has 3 aromatic carbocycles. The molecule has 1 atom stereocenters. The maximum absolute atomic E-state index is 13.1. The Balaban J connectivity index is 1.69. The molecule has 0 aliphatic heterocycles. The van der Waals surface area contributed by atoms with Crippen molar-refractivity contribution in [3.05, 3.63) is 99.8 Å². The molecule has 6 nitrogen and oxygen atoms in total. The maximum atomic E-state index is 13.1. The third kappa shape index (κ3) is 6.01. The predicted molar refractivity (Wildman–Crippen MR) is 124 cm³/mol. The predicted octanol–water partition coefficient (Wildman–Crippen LogP) is 3.91. The van der Waals surface area contributed by atoms with Crippen LogP contribution in [0.25, 0.3) is 0 Å². The number of hydrogen-bond donors (Lipinski definition) is 3. The van der Waals surface area contributed by atoms with Gasteiger partial charge in [0, 0.05) is 11.0 Å². The Morgan fingerprint density at radius 1 is 0.875 bits per heavy atom. The summed E-state index contributed by atoms with van der Waals surface area (Å²) in [5, 5.41) is 5.45. The van der Waals surface area contributed by atoms with Crippen LogP contribution in [0.2, 0.25) is 0 Å². The molecule has 0 bridgehead atoms. The molecule has 0 aromatic heterocycles. The molecule has 0 radical (unpaired) electrons. The molecular weight excluding hydrogens is 477 g/mol. The molecule has 3 aromatic rings. The number of carbonyl (C=O) groups is 3. The molecular formula is C24H21BrFN3O3. The lowest BCUT2D eigenvalue weighted by molar-refractivity contribution is -0.121. The quantitative estimate of drug-likeness (QED) is 0.439. The van der Waals surface area contributed by atoms with Gasteiger partial charge in [0.25, 0.3) is 11.8 Å². The van der Waals surface area contributed by atoms with Gasteiger partial charge in [0.05, 0.1) is 22.7 Å². The fraction of sp³-hybridized carbons (Fsp3) is 0.125. The van der Waals surface area contributed by atoms with Crippen LogP contribution in [-0.2, 0) is 11.2 Å². The van der Waals surface area contributed by atoms with Crippen LogP contribution in [0.1, 0.15) is 26.3 Å². The summed E-state index contributed by atoms with van der Waals surface area (Å²) in [7, 11) is 0. The molecule has 8 heteroatoms. The molecule has 32 heavy (non-hydrogen) atoms. The second-order valence-electron chi connectivity index (χ2n) is 7.12. The van der Waals surface area contributed by atoms with Crippen LogP contribution in [0.15, 0.2) is 77.3 Å². The Morgan fingerprint density at radius 3 is 2.16 bits per heavy atom. The molecule has 3 rings (SSSR count). The van der Waals surface area contributed by atoms with Gasteiger partial charge in [0.1, 0.15) is 5.82 Å². The van der Waals surface area contributed by atoms with E-state index in [4.69, 9.17) is 5.73 Å². The molecule has 3 amide bonds. The van der Waals surface area contributed by atoms with E-state index in [1.807, 2.05) is 0 Å². The van der Waals surface area contributed by atoms with Gasteiger partial charge >= 0.3 is 0 Å². The van der Waals surface area contributed by atoms with Gasteiger partial charge in [-0.1, -0.05) is 36.4 Å². The number of anilines is 1. The summed E-state index contributed by atoms with van der Waals surface area (Å²) >= 11 is 3.34. The molecule has 0 saturated heterocycles. The van der Waals surface area contributed by atoms with Gasteiger partial charge in [0.2, 0.25) is 5.91 Å². The lowest BCUT2D eigenvalue weighted by atomic mass is 9.98. The Morgan fingerprint density at radius 2 is 1.50 bits per heavy atom. The van der Waals surface area contributed by atoms with Crippen LogP contribution < -0.4 is 16.4 Å². The highest BCUT2D eigenvalue weighted by Crippen LogP contribution is 2.20. The van der Waals surface area contributed by atoms with E-state index in [0.717, 1.165) is 5.56 Å². The lowest BCUT2D eigenvalue weighted by Gasteiger charge is -2.16. The van der Waals surface area contributed by atoms with E-state index in [0.29, 0.717) is 15.7 Å². The summed E-state index contributed by atoms with van der Waals surface area (Å²) in [4.78, 5) is 37.3. The summed E-state index contributed by atoms with van der Waals surface area (Å²) in [5.74, 6) is -2.46. The molecule has 0 spiro atoms. The van der Waals surface area contributed by atoms with Crippen molar-refractivity contribution in [1.82, 2.24) is 5.32 Å². The highest BCUT2D eigenvalue weighted by molar-refractivity contribution is 9.10. The number of nitrogens with two attached hydrogens (primary N) is 1. The van der Waals surface area contributed by atoms with E-state index in [1.54, 1.807) is 60.7 Å². The number of hydrogen-bond acceptors (Lipinski definition) is 3. The maximum Gasteiger partial charge on any atom is 0.256 e. The summed E-state index contributed by atoms with van der Waals surface area (Å²) < 4.78 is 13.7. The van der Waals surface area contributed by atoms with Crippen molar-refractivity contribution in [1.29, 1.82) is 0 Å². The zero-order valence-electron chi connectivity index (χ0n) is 17.0. The van der Waals surface area contributed by atoms with Crippen LogP contribution in [0.4, 0.5) is 10.1 Å². The number of benzene rings is 3. The number of nitrogens with one attached hydrogen (secondary N) is 2. The molecule has 0 saturated carbocycles. The monoisotopic (exact) mass is 497 g/mol. The summed E-state index contributed by atoms with van der Waals surface area (Å²) in [5.41, 5.74) is 7.22. The van der Waals surface area contributed by atoms with Crippen LogP contribution in [0.3, 0.4) is 0 Å². The average molecular weight is 498 g/mol. The van der Waals surface area contributed by atoms with Crippen LogP contribution >= 0.6 is 15.9 Å². The van der Waals surface area contributed by atoms with Crippen molar-refractivity contribution < 1.29 is 18.8 Å². The van der Waals surface area contributed by atoms with Crippen molar-refractivity contribution in [2.45, 2.75) is 6.42 Å². The first-order valence-electron chi connectivity index (χ1n) is 9.82. The molecule has 0 heterocycles. The SMILES string of the molecule is NC(=O)C(CNC(=O)c1ccccc1NC(=O)c1ccccc1Br)Cc1ccc(F)cc1. The average Bonchev–Trinajstić information content (AvgIpc) is 2.78. The van der Waals surface area contributed by atoms with Crippen molar-refractivity contribution in [2.24, 2.45) is 11.7 Å². The first-order chi connectivity index (χ1) is 15.3. The topological polar surface area (TPSA) is 101 Å². The Labute approximate surface area is 193 Å². The second kappa shape index (κ2) is 10.7. The Hall–Kier alpha value is -3.52. The van der Waals surface area contributed by atoms with Crippen molar-refractivity contribution in [3.8, 4) is 0 Å². The van der Waals surface area contributed by atoms with Crippen LogP contribution in [0, 0.1) is 11.7 Å². The second-order valence-corrected chi connectivity index (χ2v) is 7.97. The molecule has 0 fully saturated rings. The van der Waals surface area contributed by atoms with Gasteiger partial charge in [-0.3, -0.25) is 14.4 Å². The first kappa shape index (κ1) is 23.1. The highest BCUT2D eigenvalue weighted by Gasteiger charge is 2.20. The molecule has 164 valence electrons. The zero-order chi connectivity index (χ0) is 23.1.